The molecule has 1 N–H and O–H groups in total. The smallest absolute Gasteiger partial charge is 0.119 e. The van der Waals surface area contributed by atoms with Gasteiger partial charge in [0.2, 0.25) is 0 Å². The summed E-state index contributed by atoms with van der Waals surface area (Å²) in [5.74, 6) is 0.933. The van der Waals surface area contributed by atoms with Crippen molar-refractivity contribution in [1.29, 1.82) is 0 Å². The van der Waals surface area contributed by atoms with Crippen LogP contribution in [0.3, 0.4) is 0 Å². The van der Waals surface area contributed by atoms with Crippen molar-refractivity contribution in [2.24, 2.45) is 0 Å². The summed E-state index contributed by atoms with van der Waals surface area (Å²) in [4.78, 5) is 0. The standard InChI is InChI=1S/C15H23NO2S/c1-11(19(3)17)10-16-14-6-4-12-5-7-15(18-2)9-13(12)8-14/h5,7,9,11,14,16H,4,6,8,10H2,1-3H3/t11-,14-,19+/m1/s1. The zero-order chi connectivity index (χ0) is 13.8. The van der Waals surface area contributed by atoms with Gasteiger partial charge in [-0.3, -0.25) is 4.21 Å². The summed E-state index contributed by atoms with van der Waals surface area (Å²) < 4.78 is 16.6. The van der Waals surface area contributed by atoms with Crippen molar-refractivity contribution < 1.29 is 8.95 Å². The third-order valence-corrected chi connectivity index (χ3v) is 5.20. The van der Waals surface area contributed by atoms with E-state index in [1.807, 2.05) is 13.0 Å². The number of nitrogens with one attached hydrogen (secondary N) is 1. The van der Waals surface area contributed by atoms with Crippen molar-refractivity contribution in [3.05, 3.63) is 29.3 Å². The number of benzene rings is 1. The predicted octanol–water partition coefficient (Wildman–Crippen LogP) is 1.91. The number of methoxy groups -OCH3 is 1. The Morgan fingerprint density at radius 2 is 2.26 bits per heavy atom. The van der Waals surface area contributed by atoms with Gasteiger partial charge in [0.15, 0.2) is 0 Å². The molecule has 4 heteroatoms. The molecule has 3 nitrogen and oxygen atoms in total. The maximum atomic E-state index is 11.4. The molecule has 3 atom stereocenters. The molecule has 0 bridgehead atoms. The van der Waals surface area contributed by atoms with Crippen LogP contribution < -0.4 is 10.1 Å². The number of hydrogen-bond donors (Lipinski definition) is 1. The van der Waals surface area contributed by atoms with Crippen LogP contribution in [0.15, 0.2) is 18.2 Å². The van der Waals surface area contributed by atoms with Crippen molar-refractivity contribution in [2.75, 3.05) is 19.9 Å². The number of hydrogen-bond acceptors (Lipinski definition) is 3. The summed E-state index contributed by atoms with van der Waals surface area (Å²) in [6.45, 7) is 2.86. The van der Waals surface area contributed by atoms with Gasteiger partial charge >= 0.3 is 0 Å². The van der Waals surface area contributed by atoms with E-state index in [9.17, 15) is 4.21 Å². The second kappa shape index (κ2) is 6.53. The van der Waals surface area contributed by atoms with Crippen LogP contribution in [0.5, 0.6) is 5.75 Å². The van der Waals surface area contributed by atoms with Gasteiger partial charge in [-0.15, -0.1) is 0 Å². The molecule has 19 heavy (non-hydrogen) atoms. The fourth-order valence-corrected chi connectivity index (χ4v) is 2.82. The molecule has 0 amide bonds. The lowest BCUT2D eigenvalue weighted by Crippen LogP contribution is -2.39. The van der Waals surface area contributed by atoms with Gasteiger partial charge in [0.1, 0.15) is 5.75 Å². The molecule has 1 aromatic carbocycles. The van der Waals surface area contributed by atoms with E-state index in [0.29, 0.717) is 6.04 Å². The monoisotopic (exact) mass is 281 g/mol. The lowest BCUT2D eigenvalue weighted by atomic mass is 9.88. The molecule has 0 radical (unpaired) electrons. The number of rotatable bonds is 5. The normalized spacial score (nSPS) is 21.5. The topological polar surface area (TPSA) is 38.3 Å². The second-order valence-electron chi connectivity index (χ2n) is 5.29. The van der Waals surface area contributed by atoms with Gasteiger partial charge in [0.05, 0.1) is 7.11 Å². The van der Waals surface area contributed by atoms with Crippen molar-refractivity contribution in [1.82, 2.24) is 5.32 Å². The first kappa shape index (κ1) is 14.5. The van der Waals surface area contributed by atoms with Crippen LogP contribution in [-0.2, 0) is 23.6 Å². The second-order valence-corrected chi connectivity index (χ2v) is 7.09. The Bertz CT molecular complexity index is 461. The first-order valence-corrected chi connectivity index (χ1v) is 8.43. The van der Waals surface area contributed by atoms with E-state index in [4.69, 9.17) is 4.74 Å². The van der Waals surface area contributed by atoms with Crippen LogP contribution in [0.2, 0.25) is 0 Å². The summed E-state index contributed by atoms with van der Waals surface area (Å²) in [6.07, 6.45) is 5.08. The van der Waals surface area contributed by atoms with Crippen molar-refractivity contribution in [2.45, 2.75) is 37.5 Å². The van der Waals surface area contributed by atoms with Gasteiger partial charge in [-0.05, 0) is 49.4 Å². The zero-order valence-corrected chi connectivity index (χ0v) is 12.8. The Morgan fingerprint density at radius 1 is 1.47 bits per heavy atom. The maximum Gasteiger partial charge on any atom is 0.119 e. The van der Waals surface area contributed by atoms with Gasteiger partial charge in [-0.2, -0.15) is 0 Å². The third-order valence-electron chi connectivity index (χ3n) is 3.90. The molecule has 0 fully saturated rings. The van der Waals surface area contributed by atoms with E-state index >= 15 is 0 Å². The van der Waals surface area contributed by atoms with E-state index in [1.54, 1.807) is 13.4 Å². The minimum atomic E-state index is -0.747. The lowest BCUT2D eigenvalue weighted by molar-refractivity contribution is 0.411. The van der Waals surface area contributed by atoms with Crippen molar-refractivity contribution >= 4 is 10.8 Å². The summed E-state index contributed by atoms with van der Waals surface area (Å²) in [6, 6.07) is 6.85. The first-order valence-electron chi connectivity index (χ1n) is 6.81. The molecule has 106 valence electrons. The molecule has 1 aliphatic rings. The van der Waals surface area contributed by atoms with Crippen LogP contribution in [0.4, 0.5) is 0 Å². The highest BCUT2D eigenvalue weighted by molar-refractivity contribution is 7.84. The number of aryl methyl sites for hydroxylation is 1. The fourth-order valence-electron chi connectivity index (χ4n) is 2.48. The lowest BCUT2D eigenvalue weighted by Gasteiger charge is -2.27. The Labute approximate surface area is 118 Å². The Balaban J connectivity index is 1.95. The Kier molecular flexibility index (Phi) is 4.99. The molecule has 1 aliphatic carbocycles. The largest absolute Gasteiger partial charge is 0.497 e. The molecule has 0 spiro atoms. The van der Waals surface area contributed by atoms with Gasteiger partial charge in [-0.25, -0.2) is 0 Å². The molecule has 0 saturated carbocycles. The minimum absolute atomic E-state index is 0.215. The van der Waals surface area contributed by atoms with Gasteiger partial charge in [0.25, 0.3) is 0 Å². The number of fused-ring (bicyclic) bond motifs is 1. The number of ether oxygens (including phenoxy) is 1. The molecule has 0 heterocycles. The van der Waals surface area contributed by atoms with Gasteiger partial charge < -0.3 is 10.1 Å². The molecule has 0 aromatic heterocycles. The van der Waals surface area contributed by atoms with E-state index < -0.39 is 10.8 Å². The molecule has 2 rings (SSSR count). The summed E-state index contributed by atoms with van der Waals surface area (Å²) >= 11 is 0. The van der Waals surface area contributed by atoms with Crippen LogP contribution in [-0.4, -0.2) is 35.4 Å². The molecular formula is C15H23NO2S. The van der Waals surface area contributed by atoms with E-state index in [0.717, 1.165) is 31.6 Å². The highest BCUT2D eigenvalue weighted by Crippen LogP contribution is 2.25. The predicted molar refractivity (Wildman–Crippen MR) is 80.3 cm³/mol. The van der Waals surface area contributed by atoms with Crippen LogP contribution in [0.25, 0.3) is 0 Å². The fraction of sp³-hybridized carbons (Fsp3) is 0.600. The molecule has 0 unspecified atom stereocenters. The molecule has 0 aliphatic heterocycles. The zero-order valence-electron chi connectivity index (χ0n) is 11.9. The summed E-state index contributed by atoms with van der Waals surface area (Å²) in [5.41, 5.74) is 2.82. The van der Waals surface area contributed by atoms with E-state index in [1.165, 1.54) is 11.1 Å². The van der Waals surface area contributed by atoms with Gasteiger partial charge in [0, 0.05) is 34.9 Å². The molecule has 1 aromatic rings. The molecular weight excluding hydrogens is 258 g/mol. The van der Waals surface area contributed by atoms with Crippen LogP contribution in [0.1, 0.15) is 24.5 Å². The van der Waals surface area contributed by atoms with Crippen LogP contribution >= 0.6 is 0 Å². The maximum absolute atomic E-state index is 11.4. The average Bonchev–Trinajstić information content (AvgIpc) is 2.43. The summed E-state index contributed by atoms with van der Waals surface area (Å²) in [7, 11) is 0.959. The quantitative estimate of drug-likeness (QED) is 0.896. The SMILES string of the molecule is COc1ccc2c(c1)C[C@H](NC[C@@H](C)[S@](C)=O)CC2. The first-order chi connectivity index (χ1) is 9.10. The minimum Gasteiger partial charge on any atom is -0.497 e. The van der Waals surface area contributed by atoms with Gasteiger partial charge in [-0.1, -0.05) is 6.07 Å². The Hall–Kier alpha value is -0.870. The van der Waals surface area contributed by atoms with E-state index in [2.05, 4.69) is 17.4 Å². The highest BCUT2D eigenvalue weighted by atomic mass is 32.2. The van der Waals surface area contributed by atoms with Crippen molar-refractivity contribution in [3.8, 4) is 5.75 Å². The third kappa shape index (κ3) is 3.80. The van der Waals surface area contributed by atoms with Crippen LogP contribution in [0, 0.1) is 0 Å². The molecule has 0 saturated heterocycles. The van der Waals surface area contributed by atoms with E-state index in [-0.39, 0.29) is 5.25 Å². The van der Waals surface area contributed by atoms with Crippen molar-refractivity contribution in [3.63, 3.8) is 0 Å². The average molecular weight is 281 g/mol. The Morgan fingerprint density at radius 3 is 2.95 bits per heavy atom. The highest BCUT2D eigenvalue weighted by Gasteiger charge is 2.19. The summed E-state index contributed by atoms with van der Waals surface area (Å²) in [5, 5.41) is 3.76.